The molecule has 0 radical (unpaired) electrons. The van der Waals surface area contributed by atoms with Crippen molar-refractivity contribution < 1.29 is 27.8 Å². The second kappa shape index (κ2) is 9.73. The predicted octanol–water partition coefficient (Wildman–Crippen LogP) is 4.77. The largest absolute Gasteiger partial charge is 0.493 e. The Balaban J connectivity index is 1.55. The molecule has 2 heterocycles. The minimum atomic E-state index is -0.699. The van der Waals surface area contributed by atoms with E-state index in [9.17, 15) is 14.0 Å². The molecule has 3 aromatic carbocycles. The van der Waals surface area contributed by atoms with Crippen LogP contribution in [0.15, 0.2) is 75.9 Å². The van der Waals surface area contributed by atoms with Gasteiger partial charge in [-0.05, 0) is 66.1 Å². The van der Waals surface area contributed by atoms with Gasteiger partial charge in [-0.1, -0.05) is 18.2 Å². The summed E-state index contributed by atoms with van der Waals surface area (Å²) in [5, 5.41) is 0.656. The zero-order valence-corrected chi connectivity index (χ0v) is 19.8. The number of carbonyl (C=O) groups is 1. The normalized spacial score (nSPS) is 14.9. The number of para-hydroxylation sites is 1. The summed E-state index contributed by atoms with van der Waals surface area (Å²) in [6.07, 6.45) is 0.549. The molecule has 5 rings (SSSR count). The molecule has 4 aromatic rings. The van der Waals surface area contributed by atoms with Crippen LogP contribution in [-0.2, 0) is 6.42 Å². The molecule has 36 heavy (non-hydrogen) atoms. The van der Waals surface area contributed by atoms with E-state index in [-0.39, 0.29) is 18.0 Å². The van der Waals surface area contributed by atoms with E-state index in [4.69, 9.17) is 18.6 Å². The van der Waals surface area contributed by atoms with Gasteiger partial charge < -0.3 is 23.5 Å². The lowest BCUT2D eigenvalue weighted by molar-refractivity contribution is 0.0585. The van der Waals surface area contributed by atoms with E-state index in [0.29, 0.717) is 41.2 Å². The number of rotatable bonds is 6. The minimum absolute atomic E-state index is 0.0515. The van der Waals surface area contributed by atoms with Crippen LogP contribution in [0.5, 0.6) is 17.2 Å². The lowest BCUT2D eigenvalue weighted by Gasteiger charge is -2.37. The number of halogens is 1. The van der Waals surface area contributed by atoms with Crippen LogP contribution in [0.3, 0.4) is 0 Å². The molecule has 0 aliphatic carbocycles. The van der Waals surface area contributed by atoms with E-state index in [1.807, 2.05) is 18.2 Å². The van der Waals surface area contributed by atoms with Crippen molar-refractivity contribution in [2.45, 2.75) is 12.5 Å². The van der Waals surface area contributed by atoms with Gasteiger partial charge in [0.2, 0.25) is 0 Å². The van der Waals surface area contributed by atoms with Gasteiger partial charge >= 0.3 is 5.63 Å². The summed E-state index contributed by atoms with van der Waals surface area (Å²) < 4.78 is 35.7. The Hall–Kier alpha value is -4.33. The van der Waals surface area contributed by atoms with Crippen LogP contribution in [0.2, 0.25) is 0 Å². The van der Waals surface area contributed by atoms with Crippen LogP contribution < -0.4 is 19.8 Å². The molecule has 0 saturated carbocycles. The van der Waals surface area contributed by atoms with Crippen molar-refractivity contribution in [3.05, 3.63) is 99.7 Å². The third-order valence-corrected chi connectivity index (χ3v) is 6.36. The average molecular weight is 489 g/mol. The third kappa shape index (κ3) is 4.37. The van der Waals surface area contributed by atoms with Crippen molar-refractivity contribution in [2.24, 2.45) is 0 Å². The number of hydrogen-bond donors (Lipinski definition) is 0. The second-order valence-electron chi connectivity index (χ2n) is 8.42. The molecule has 0 unspecified atom stereocenters. The van der Waals surface area contributed by atoms with Crippen molar-refractivity contribution in [3.8, 4) is 17.2 Å². The van der Waals surface area contributed by atoms with Gasteiger partial charge in [-0.3, -0.25) is 4.79 Å². The first-order valence-electron chi connectivity index (χ1n) is 11.5. The standard InChI is InChI=1S/C28H24FNO6/c1-33-25-14-17-11-12-30(27(31)22-13-18-5-3-4-6-24(18)36-28(22)32)23(21(17)15-26(25)34-2)16-35-20-9-7-19(29)8-10-20/h3-10,13-15,23H,11-12,16H2,1-2H3/t23-/m1/s1. The number of hydrogen-bond acceptors (Lipinski definition) is 6. The van der Waals surface area contributed by atoms with E-state index in [1.54, 1.807) is 43.4 Å². The smallest absolute Gasteiger partial charge is 0.349 e. The Morgan fingerprint density at radius 3 is 2.50 bits per heavy atom. The maximum absolute atomic E-state index is 13.7. The second-order valence-corrected chi connectivity index (χ2v) is 8.42. The number of methoxy groups -OCH3 is 2. The van der Waals surface area contributed by atoms with Crippen molar-refractivity contribution >= 4 is 16.9 Å². The summed E-state index contributed by atoms with van der Waals surface area (Å²) in [6.45, 7) is 0.434. The highest BCUT2D eigenvalue weighted by Crippen LogP contribution is 2.39. The summed E-state index contributed by atoms with van der Waals surface area (Å²) in [5.74, 6) is 0.734. The van der Waals surface area contributed by atoms with Crippen molar-refractivity contribution in [1.29, 1.82) is 0 Å². The van der Waals surface area contributed by atoms with Crippen LogP contribution in [0.4, 0.5) is 4.39 Å². The SMILES string of the molecule is COc1cc2c(cc1OC)[C@@H](COc1ccc(F)cc1)N(C(=O)c1cc3ccccc3oc1=O)CC2. The molecule has 1 aliphatic rings. The number of benzene rings is 3. The van der Waals surface area contributed by atoms with Gasteiger partial charge in [-0.25, -0.2) is 9.18 Å². The fourth-order valence-electron chi connectivity index (χ4n) is 4.52. The Kier molecular flexibility index (Phi) is 6.33. The van der Waals surface area contributed by atoms with Crippen molar-refractivity contribution in [2.75, 3.05) is 27.4 Å². The summed E-state index contributed by atoms with van der Waals surface area (Å²) in [4.78, 5) is 28.1. The Morgan fingerprint density at radius 2 is 1.75 bits per heavy atom. The van der Waals surface area contributed by atoms with Gasteiger partial charge in [0.05, 0.1) is 20.3 Å². The quantitative estimate of drug-likeness (QED) is 0.363. The van der Waals surface area contributed by atoms with Crippen molar-refractivity contribution in [1.82, 2.24) is 4.90 Å². The first kappa shape index (κ1) is 23.4. The molecule has 0 fully saturated rings. The summed E-state index contributed by atoms with van der Waals surface area (Å²) >= 11 is 0. The zero-order chi connectivity index (χ0) is 25.2. The predicted molar refractivity (Wildman–Crippen MR) is 131 cm³/mol. The maximum atomic E-state index is 13.7. The van der Waals surface area contributed by atoms with Crippen LogP contribution >= 0.6 is 0 Å². The average Bonchev–Trinajstić information content (AvgIpc) is 2.90. The lowest BCUT2D eigenvalue weighted by atomic mass is 9.91. The molecule has 184 valence electrons. The van der Waals surface area contributed by atoms with E-state index in [1.165, 1.54) is 24.3 Å². The molecule has 0 saturated heterocycles. The molecule has 7 nitrogen and oxygen atoms in total. The van der Waals surface area contributed by atoms with Gasteiger partial charge in [0, 0.05) is 11.9 Å². The van der Waals surface area contributed by atoms with E-state index in [0.717, 1.165) is 11.1 Å². The molecule has 1 atom stereocenters. The maximum Gasteiger partial charge on any atom is 0.349 e. The highest BCUT2D eigenvalue weighted by molar-refractivity contribution is 5.97. The zero-order valence-electron chi connectivity index (χ0n) is 19.8. The first-order chi connectivity index (χ1) is 17.5. The van der Waals surface area contributed by atoms with E-state index < -0.39 is 17.6 Å². The highest BCUT2D eigenvalue weighted by atomic mass is 19.1. The monoisotopic (exact) mass is 489 g/mol. The molecule has 0 spiro atoms. The number of amides is 1. The fraction of sp³-hybridized carbons (Fsp3) is 0.214. The van der Waals surface area contributed by atoms with Crippen LogP contribution in [0, 0.1) is 5.82 Å². The molecule has 0 bridgehead atoms. The van der Waals surface area contributed by atoms with Gasteiger partial charge in [-0.15, -0.1) is 0 Å². The van der Waals surface area contributed by atoms with Gasteiger partial charge in [-0.2, -0.15) is 0 Å². The summed E-state index contributed by atoms with van der Waals surface area (Å²) in [6, 6.07) is 17.4. The number of fused-ring (bicyclic) bond motifs is 2. The summed E-state index contributed by atoms with van der Waals surface area (Å²) in [7, 11) is 3.11. The topological polar surface area (TPSA) is 78.2 Å². The Bertz CT molecular complexity index is 1480. The molecular weight excluding hydrogens is 465 g/mol. The molecular formula is C28H24FNO6. The Morgan fingerprint density at radius 1 is 1.03 bits per heavy atom. The highest BCUT2D eigenvalue weighted by Gasteiger charge is 2.34. The first-order valence-corrected chi connectivity index (χ1v) is 11.5. The summed E-state index contributed by atoms with van der Waals surface area (Å²) in [5.41, 5.74) is 1.46. The van der Waals surface area contributed by atoms with Crippen LogP contribution in [-0.4, -0.2) is 38.2 Å². The fourth-order valence-corrected chi connectivity index (χ4v) is 4.52. The Labute approximate surface area is 206 Å². The number of carbonyl (C=O) groups excluding carboxylic acids is 1. The molecule has 1 aromatic heterocycles. The molecule has 0 N–H and O–H groups in total. The molecule has 8 heteroatoms. The van der Waals surface area contributed by atoms with Gasteiger partial charge in [0.1, 0.15) is 29.3 Å². The molecule has 1 amide bonds. The third-order valence-electron chi connectivity index (χ3n) is 6.36. The molecule has 1 aliphatic heterocycles. The minimum Gasteiger partial charge on any atom is -0.493 e. The van der Waals surface area contributed by atoms with Crippen LogP contribution in [0.25, 0.3) is 11.0 Å². The van der Waals surface area contributed by atoms with Gasteiger partial charge in [0.25, 0.3) is 5.91 Å². The van der Waals surface area contributed by atoms with Crippen LogP contribution in [0.1, 0.15) is 27.5 Å². The lowest BCUT2D eigenvalue weighted by Crippen LogP contribution is -2.44. The number of ether oxygens (including phenoxy) is 3. The van der Waals surface area contributed by atoms with Gasteiger partial charge in [0.15, 0.2) is 11.5 Å². The number of nitrogens with zero attached hydrogens (tertiary/aromatic N) is 1. The van der Waals surface area contributed by atoms with Crippen molar-refractivity contribution in [3.63, 3.8) is 0 Å². The van der Waals surface area contributed by atoms with E-state index >= 15 is 0 Å². The van der Waals surface area contributed by atoms with E-state index in [2.05, 4.69) is 0 Å².